The molecular weight excluding hydrogens is 284 g/mol. The minimum atomic E-state index is -0.216. The summed E-state index contributed by atoms with van der Waals surface area (Å²) in [4.78, 5) is 18.9. The van der Waals surface area contributed by atoms with Gasteiger partial charge in [-0.15, -0.1) is 0 Å². The third-order valence-electron chi connectivity index (χ3n) is 3.31. The number of imidazole rings is 1. The number of methoxy groups -OCH3 is 1. The number of H-pyrrole nitrogens is 1. The van der Waals surface area contributed by atoms with E-state index in [1.807, 2.05) is 24.3 Å². The van der Waals surface area contributed by atoms with Gasteiger partial charge in [0.15, 0.2) is 5.52 Å². The van der Waals surface area contributed by atoms with Gasteiger partial charge in [-0.25, -0.2) is 9.67 Å². The lowest BCUT2D eigenvalue weighted by Crippen LogP contribution is -2.25. The first-order valence-corrected chi connectivity index (χ1v) is 6.88. The number of nitrogens with zero attached hydrogens (tertiary/aromatic N) is 3. The van der Waals surface area contributed by atoms with Gasteiger partial charge in [0, 0.05) is 0 Å². The maximum atomic E-state index is 12.1. The Hall–Kier alpha value is -2.67. The minimum absolute atomic E-state index is 0.216. The van der Waals surface area contributed by atoms with Crippen LogP contribution in [-0.4, -0.2) is 33.5 Å². The van der Waals surface area contributed by atoms with Crippen LogP contribution in [0.25, 0.3) is 11.0 Å². The van der Waals surface area contributed by atoms with Crippen molar-refractivity contribution in [3.8, 4) is 5.75 Å². The molecule has 3 aromatic rings. The van der Waals surface area contributed by atoms with Crippen molar-refractivity contribution in [2.24, 2.45) is 0 Å². The molecule has 3 rings (SSSR count). The van der Waals surface area contributed by atoms with E-state index in [-0.39, 0.29) is 5.56 Å². The van der Waals surface area contributed by atoms with Crippen LogP contribution in [0.3, 0.4) is 0 Å². The number of nitrogens with one attached hydrogen (secondary N) is 1. The fourth-order valence-corrected chi connectivity index (χ4v) is 2.10. The molecule has 1 aromatic carbocycles. The van der Waals surface area contributed by atoms with Crippen molar-refractivity contribution in [2.75, 3.05) is 13.7 Å². The molecule has 22 heavy (non-hydrogen) atoms. The predicted molar refractivity (Wildman–Crippen MR) is 80.8 cm³/mol. The highest BCUT2D eigenvalue weighted by atomic mass is 16.5. The van der Waals surface area contributed by atoms with E-state index in [9.17, 15) is 4.79 Å². The molecular formula is C15H16N4O3. The summed E-state index contributed by atoms with van der Waals surface area (Å²) in [6, 6.07) is 7.66. The normalized spacial score (nSPS) is 11.0. The molecule has 0 bridgehead atoms. The summed E-state index contributed by atoms with van der Waals surface area (Å²) < 4.78 is 12.0. The molecule has 0 unspecified atom stereocenters. The maximum Gasteiger partial charge on any atom is 0.294 e. The Bertz CT molecular complexity index is 808. The molecule has 0 saturated heterocycles. The quantitative estimate of drug-likeness (QED) is 0.695. The predicted octanol–water partition coefficient (Wildman–Crippen LogP) is 1.34. The van der Waals surface area contributed by atoms with E-state index >= 15 is 0 Å². The molecule has 2 heterocycles. The van der Waals surface area contributed by atoms with Gasteiger partial charge in [-0.1, -0.05) is 12.1 Å². The molecule has 114 valence electrons. The highest BCUT2D eigenvalue weighted by Crippen LogP contribution is 2.11. The van der Waals surface area contributed by atoms with Gasteiger partial charge in [0.25, 0.3) is 5.56 Å². The number of hydrogen-bond donors (Lipinski definition) is 1. The Morgan fingerprint density at radius 3 is 2.86 bits per heavy atom. The van der Waals surface area contributed by atoms with Gasteiger partial charge >= 0.3 is 0 Å². The molecule has 0 saturated carbocycles. The summed E-state index contributed by atoms with van der Waals surface area (Å²) in [5, 5.41) is 4.08. The molecule has 0 aliphatic heterocycles. The third-order valence-corrected chi connectivity index (χ3v) is 3.31. The Kier molecular flexibility index (Phi) is 4.15. The van der Waals surface area contributed by atoms with Crippen molar-refractivity contribution >= 4 is 11.0 Å². The second-order valence-electron chi connectivity index (χ2n) is 4.74. The SMILES string of the molecule is COc1ccc(COCCn2ncc3[nH]cnc3c2=O)cc1. The van der Waals surface area contributed by atoms with E-state index in [0.29, 0.717) is 30.8 Å². The third kappa shape index (κ3) is 2.99. The molecule has 7 nitrogen and oxygen atoms in total. The van der Waals surface area contributed by atoms with Crippen LogP contribution in [-0.2, 0) is 17.9 Å². The van der Waals surface area contributed by atoms with Gasteiger partial charge in [0.1, 0.15) is 5.75 Å². The summed E-state index contributed by atoms with van der Waals surface area (Å²) in [7, 11) is 1.63. The molecule has 0 radical (unpaired) electrons. The molecule has 0 aliphatic rings. The minimum Gasteiger partial charge on any atom is -0.497 e. The van der Waals surface area contributed by atoms with Crippen LogP contribution < -0.4 is 10.3 Å². The Labute approximate surface area is 126 Å². The van der Waals surface area contributed by atoms with Gasteiger partial charge in [0.2, 0.25) is 0 Å². The average Bonchev–Trinajstić information content (AvgIpc) is 3.03. The summed E-state index contributed by atoms with van der Waals surface area (Å²) in [5.74, 6) is 0.812. The van der Waals surface area contributed by atoms with Gasteiger partial charge in [-0.2, -0.15) is 5.10 Å². The topological polar surface area (TPSA) is 82.0 Å². The van der Waals surface area contributed by atoms with Crippen LogP contribution >= 0.6 is 0 Å². The van der Waals surface area contributed by atoms with Crippen LogP contribution in [0.1, 0.15) is 5.56 Å². The van der Waals surface area contributed by atoms with E-state index < -0.39 is 0 Å². The molecule has 1 N–H and O–H groups in total. The summed E-state index contributed by atoms with van der Waals surface area (Å²) >= 11 is 0. The highest BCUT2D eigenvalue weighted by molar-refractivity contribution is 5.71. The Morgan fingerprint density at radius 1 is 1.27 bits per heavy atom. The lowest BCUT2D eigenvalue weighted by atomic mass is 10.2. The van der Waals surface area contributed by atoms with E-state index in [2.05, 4.69) is 15.1 Å². The number of ether oxygens (including phenoxy) is 2. The molecule has 0 aliphatic carbocycles. The van der Waals surface area contributed by atoms with E-state index in [1.165, 1.54) is 11.0 Å². The maximum absolute atomic E-state index is 12.1. The van der Waals surface area contributed by atoms with Gasteiger partial charge < -0.3 is 14.5 Å². The van der Waals surface area contributed by atoms with Crippen LogP contribution in [0.15, 0.2) is 41.6 Å². The van der Waals surface area contributed by atoms with Crippen LogP contribution in [0, 0.1) is 0 Å². The first-order chi connectivity index (χ1) is 10.8. The van der Waals surface area contributed by atoms with Crippen molar-refractivity contribution in [2.45, 2.75) is 13.2 Å². The first-order valence-electron chi connectivity index (χ1n) is 6.88. The van der Waals surface area contributed by atoms with Crippen LogP contribution in [0.5, 0.6) is 5.75 Å². The van der Waals surface area contributed by atoms with Crippen molar-refractivity contribution in [3.05, 3.63) is 52.7 Å². The van der Waals surface area contributed by atoms with Crippen molar-refractivity contribution in [1.29, 1.82) is 0 Å². The zero-order valence-electron chi connectivity index (χ0n) is 12.2. The average molecular weight is 300 g/mol. The Morgan fingerprint density at radius 2 is 2.09 bits per heavy atom. The fourth-order valence-electron chi connectivity index (χ4n) is 2.10. The summed E-state index contributed by atoms with van der Waals surface area (Å²) in [6.07, 6.45) is 3.07. The molecule has 2 aromatic heterocycles. The number of fused-ring (bicyclic) bond motifs is 1. The number of hydrogen-bond acceptors (Lipinski definition) is 5. The summed E-state index contributed by atoms with van der Waals surface area (Å²) in [6.45, 7) is 1.26. The molecule has 0 amide bonds. The fraction of sp³-hybridized carbons (Fsp3) is 0.267. The van der Waals surface area contributed by atoms with Gasteiger partial charge in [-0.3, -0.25) is 4.79 Å². The summed E-state index contributed by atoms with van der Waals surface area (Å²) in [5.41, 5.74) is 1.86. The number of aromatic nitrogens is 4. The lowest BCUT2D eigenvalue weighted by molar-refractivity contribution is 0.110. The highest BCUT2D eigenvalue weighted by Gasteiger charge is 2.05. The Balaban J connectivity index is 1.55. The van der Waals surface area contributed by atoms with Gasteiger partial charge in [-0.05, 0) is 17.7 Å². The lowest BCUT2D eigenvalue weighted by Gasteiger charge is -2.06. The second-order valence-corrected chi connectivity index (χ2v) is 4.74. The van der Waals surface area contributed by atoms with E-state index in [4.69, 9.17) is 9.47 Å². The van der Waals surface area contributed by atoms with Gasteiger partial charge in [0.05, 0.1) is 44.9 Å². The van der Waals surface area contributed by atoms with E-state index in [0.717, 1.165) is 11.3 Å². The first kappa shape index (κ1) is 14.3. The zero-order valence-corrected chi connectivity index (χ0v) is 12.2. The standard InChI is InChI=1S/C15H16N4O3/c1-21-12-4-2-11(3-5-12)9-22-7-6-19-15(20)14-13(8-18-19)16-10-17-14/h2-5,8,10H,6-7,9H2,1H3,(H,16,17). The smallest absolute Gasteiger partial charge is 0.294 e. The van der Waals surface area contributed by atoms with Crippen molar-refractivity contribution in [1.82, 2.24) is 19.7 Å². The number of benzene rings is 1. The molecule has 0 atom stereocenters. The molecule has 0 fully saturated rings. The second kappa shape index (κ2) is 6.40. The number of rotatable bonds is 6. The number of aromatic amines is 1. The van der Waals surface area contributed by atoms with Crippen LogP contribution in [0.4, 0.5) is 0 Å². The monoisotopic (exact) mass is 300 g/mol. The van der Waals surface area contributed by atoms with Crippen molar-refractivity contribution in [3.63, 3.8) is 0 Å². The van der Waals surface area contributed by atoms with Crippen LogP contribution in [0.2, 0.25) is 0 Å². The zero-order chi connectivity index (χ0) is 15.4. The van der Waals surface area contributed by atoms with Crippen molar-refractivity contribution < 1.29 is 9.47 Å². The molecule has 0 spiro atoms. The molecule has 7 heteroatoms. The largest absolute Gasteiger partial charge is 0.497 e. The van der Waals surface area contributed by atoms with E-state index in [1.54, 1.807) is 13.3 Å².